The molecule has 1 aromatic heterocycles. The van der Waals surface area contributed by atoms with Gasteiger partial charge in [0.1, 0.15) is 0 Å². The van der Waals surface area contributed by atoms with Crippen LogP contribution in [-0.4, -0.2) is 57.8 Å². The van der Waals surface area contributed by atoms with Crippen molar-refractivity contribution in [1.82, 2.24) is 19.8 Å². The van der Waals surface area contributed by atoms with Crippen molar-refractivity contribution in [2.24, 2.45) is 5.92 Å². The normalized spacial score (nSPS) is 19.8. The Hall–Kier alpha value is -4.07. The number of urea groups is 1. The number of ketones is 1. The third-order valence-electron chi connectivity index (χ3n) is 8.23. The SMILES string of the molecule is C=C(C)C1CC(=O)C(C)=C(N2CCN(c3nc4ccc(NC(=O)N5Cc6ccccc6C5)cc4[nH]3)CC2)C1. The summed E-state index contributed by atoms with van der Waals surface area (Å²) in [6.07, 6.45) is 1.48. The van der Waals surface area contributed by atoms with Crippen LogP contribution in [-0.2, 0) is 17.9 Å². The Kier molecular flexibility index (Phi) is 6.18. The highest BCUT2D eigenvalue weighted by molar-refractivity contribution is 5.96. The van der Waals surface area contributed by atoms with Crippen molar-refractivity contribution in [2.45, 2.75) is 39.8 Å². The van der Waals surface area contributed by atoms with E-state index >= 15 is 0 Å². The molecule has 0 radical (unpaired) electrons. The molecule has 0 bridgehead atoms. The lowest BCUT2D eigenvalue weighted by Crippen LogP contribution is -2.47. The number of benzene rings is 2. The van der Waals surface area contributed by atoms with Crippen molar-refractivity contribution in [2.75, 3.05) is 36.4 Å². The number of anilines is 2. The molecule has 38 heavy (non-hydrogen) atoms. The van der Waals surface area contributed by atoms with Crippen LogP contribution in [0.15, 0.2) is 65.9 Å². The Balaban J connectivity index is 1.10. The minimum absolute atomic E-state index is 0.101. The lowest BCUT2D eigenvalue weighted by atomic mass is 9.82. The second kappa shape index (κ2) is 9.67. The second-order valence-electron chi connectivity index (χ2n) is 10.8. The summed E-state index contributed by atoms with van der Waals surface area (Å²) in [6.45, 7) is 12.7. The van der Waals surface area contributed by atoms with E-state index in [0.717, 1.165) is 66.4 Å². The van der Waals surface area contributed by atoms with Gasteiger partial charge in [-0.2, -0.15) is 0 Å². The van der Waals surface area contributed by atoms with E-state index in [1.54, 1.807) is 0 Å². The van der Waals surface area contributed by atoms with E-state index in [1.807, 2.05) is 49.1 Å². The zero-order valence-corrected chi connectivity index (χ0v) is 22.1. The number of rotatable bonds is 4. The van der Waals surface area contributed by atoms with Gasteiger partial charge in [-0.15, -0.1) is 0 Å². The number of piperazine rings is 1. The number of imidazole rings is 1. The number of nitrogens with zero attached hydrogens (tertiary/aromatic N) is 4. The van der Waals surface area contributed by atoms with Crippen LogP contribution in [0.25, 0.3) is 11.0 Å². The summed E-state index contributed by atoms with van der Waals surface area (Å²) in [7, 11) is 0. The first-order chi connectivity index (χ1) is 18.4. The van der Waals surface area contributed by atoms with E-state index in [-0.39, 0.29) is 17.7 Å². The topological polar surface area (TPSA) is 84.6 Å². The highest BCUT2D eigenvalue weighted by Gasteiger charge is 2.30. The molecule has 8 nitrogen and oxygen atoms in total. The molecule has 2 N–H and O–H groups in total. The number of aromatic amines is 1. The van der Waals surface area contributed by atoms with Crippen molar-refractivity contribution in [3.63, 3.8) is 0 Å². The molecule has 2 aliphatic heterocycles. The average Bonchev–Trinajstić information content (AvgIpc) is 3.54. The van der Waals surface area contributed by atoms with Crippen molar-refractivity contribution in [1.29, 1.82) is 0 Å². The van der Waals surface area contributed by atoms with E-state index in [0.29, 0.717) is 19.5 Å². The first-order valence-electron chi connectivity index (χ1n) is 13.4. The molecule has 1 saturated heterocycles. The van der Waals surface area contributed by atoms with E-state index in [9.17, 15) is 9.59 Å². The molecule has 8 heteroatoms. The number of carbonyl (C=O) groups excluding carboxylic acids is 2. The standard InChI is InChI=1S/C30H34N6O2/c1-19(2)23-14-27(20(3)28(37)15-23)34-10-12-35(13-11-34)29-32-25-9-8-24(16-26(25)33-29)31-30(38)36-17-21-6-4-5-7-22(21)18-36/h4-9,16,23H,1,10-15,17-18H2,2-3H3,(H,31,38)(H,32,33). The van der Waals surface area contributed by atoms with Crippen LogP contribution in [0.4, 0.5) is 16.4 Å². The van der Waals surface area contributed by atoms with Crippen LogP contribution in [0.1, 0.15) is 37.8 Å². The number of allylic oxidation sites excluding steroid dienone is 3. The van der Waals surface area contributed by atoms with Gasteiger partial charge in [0.2, 0.25) is 5.95 Å². The fourth-order valence-corrected chi connectivity index (χ4v) is 5.80. The van der Waals surface area contributed by atoms with Crippen LogP contribution in [0.3, 0.4) is 0 Å². The number of carbonyl (C=O) groups is 2. The molecule has 1 aliphatic carbocycles. The predicted octanol–water partition coefficient (Wildman–Crippen LogP) is 5.06. The van der Waals surface area contributed by atoms with E-state index in [1.165, 1.54) is 16.8 Å². The van der Waals surface area contributed by atoms with E-state index in [4.69, 9.17) is 4.98 Å². The predicted molar refractivity (Wildman–Crippen MR) is 150 cm³/mol. The van der Waals surface area contributed by atoms with Gasteiger partial charge in [0.05, 0.1) is 11.0 Å². The minimum Gasteiger partial charge on any atom is -0.371 e. The fourth-order valence-electron chi connectivity index (χ4n) is 5.80. The smallest absolute Gasteiger partial charge is 0.322 e. The summed E-state index contributed by atoms with van der Waals surface area (Å²) in [5.41, 5.74) is 8.09. The Morgan fingerprint density at radius 3 is 2.39 bits per heavy atom. The van der Waals surface area contributed by atoms with Gasteiger partial charge in [-0.25, -0.2) is 9.78 Å². The zero-order chi connectivity index (χ0) is 26.4. The summed E-state index contributed by atoms with van der Waals surface area (Å²) in [5, 5.41) is 3.04. The Morgan fingerprint density at radius 2 is 1.71 bits per heavy atom. The van der Waals surface area contributed by atoms with Gasteiger partial charge >= 0.3 is 6.03 Å². The number of hydrogen-bond donors (Lipinski definition) is 2. The van der Waals surface area contributed by atoms with Crippen molar-refractivity contribution < 1.29 is 9.59 Å². The fraction of sp³-hybridized carbons (Fsp3) is 0.367. The van der Waals surface area contributed by atoms with Gasteiger partial charge in [-0.3, -0.25) is 4.79 Å². The van der Waals surface area contributed by atoms with Crippen LogP contribution in [0.2, 0.25) is 0 Å². The van der Waals surface area contributed by atoms with E-state index < -0.39 is 0 Å². The van der Waals surface area contributed by atoms with Gasteiger partial charge in [-0.05, 0) is 55.5 Å². The highest BCUT2D eigenvalue weighted by Crippen LogP contribution is 2.34. The molecule has 0 spiro atoms. The first kappa shape index (κ1) is 24.3. The first-order valence-corrected chi connectivity index (χ1v) is 13.4. The largest absolute Gasteiger partial charge is 0.371 e. The Morgan fingerprint density at radius 1 is 1.03 bits per heavy atom. The summed E-state index contributed by atoms with van der Waals surface area (Å²) in [5.74, 6) is 1.32. The lowest BCUT2D eigenvalue weighted by molar-refractivity contribution is -0.116. The number of amides is 2. The monoisotopic (exact) mass is 510 g/mol. The van der Waals surface area contributed by atoms with Gasteiger partial charge in [0.25, 0.3) is 0 Å². The molecule has 1 atom stereocenters. The molecular weight excluding hydrogens is 476 g/mol. The summed E-state index contributed by atoms with van der Waals surface area (Å²) < 4.78 is 0. The molecule has 0 saturated carbocycles. The summed E-state index contributed by atoms with van der Waals surface area (Å²) in [6, 6.07) is 13.9. The third kappa shape index (κ3) is 4.55. The quantitative estimate of drug-likeness (QED) is 0.479. The van der Waals surface area contributed by atoms with Crippen LogP contribution in [0, 0.1) is 5.92 Å². The highest BCUT2D eigenvalue weighted by atomic mass is 16.2. The van der Waals surface area contributed by atoms with Gasteiger partial charge in [-0.1, -0.05) is 36.4 Å². The third-order valence-corrected chi connectivity index (χ3v) is 8.23. The second-order valence-corrected chi connectivity index (χ2v) is 10.8. The summed E-state index contributed by atoms with van der Waals surface area (Å²) >= 11 is 0. The average molecular weight is 511 g/mol. The van der Waals surface area contributed by atoms with Crippen LogP contribution < -0.4 is 10.2 Å². The number of hydrogen-bond acceptors (Lipinski definition) is 5. The number of fused-ring (bicyclic) bond motifs is 2. The number of nitrogens with one attached hydrogen (secondary N) is 2. The molecule has 2 aromatic carbocycles. The summed E-state index contributed by atoms with van der Waals surface area (Å²) in [4.78, 5) is 40.2. The van der Waals surface area contributed by atoms with Gasteiger partial charge in [0, 0.05) is 62.6 Å². The number of H-pyrrole nitrogens is 1. The van der Waals surface area contributed by atoms with Crippen molar-refractivity contribution >= 4 is 34.5 Å². The molecule has 3 aliphatic rings. The Labute approximate surface area is 223 Å². The minimum atomic E-state index is -0.101. The molecule has 1 unspecified atom stereocenters. The molecule has 6 rings (SSSR count). The van der Waals surface area contributed by atoms with Gasteiger partial charge < -0.3 is 25.0 Å². The Bertz CT molecular complexity index is 1440. The molecular formula is C30H34N6O2. The van der Waals surface area contributed by atoms with Crippen LogP contribution in [0.5, 0.6) is 0 Å². The molecule has 1 fully saturated rings. The maximum atomic E-state index is 12.9. The maximum absolute atomic E-state index is 12.9. The molecule has 3 aromatic rings. The molecule has 3 heterocycles. The maximum Gasteiger partial charge on any atom is 0.322 e. The zero-order valence-electron chi connectivity index (χ0n) is 22.1. The van der Waals surface area contributed by atoms with Crippen molar-refractivity contribution in [3.05, 3.63) is 77.0 Å². The lowest BCUT2D eigenvalue weighted by Gasteiger charge is -2.40. The van der Waals surface area contributed by atoms with Crippen molar-refractivity contribution in [3.8, 4) is 0 Å². The van der Waals surface area contributed by atoms with Gasteiger partial charge in [0.15, 0.2) is 5.78 Å². The molecule has 2 amide bonds. The number of Topliss-reactive ketones (excluding diaryl/α,β-unsaturated/α-hetero) is 1. The molecule has 196 valence electrons. The number of aromatic nitrogens is 2. The van der Waals surface area contributed by atoms with Crippen LogP contribution >= 0.6 is 0 Å². The van der Waals surface area contributed by atoms with E-state index in [2.05, 4.69) is 38.8 Å².